The van der Waals surface area contributed by atoms with E-state index < -0.39 is 6.10 Å². The number of nitrogens with zero attached hydrogens (tertiary/aromatic N) is 5. The number of ether oxygens (including phenoxy) is 2. The van der Waals surface area contributed by atoms with E-state index in [2.05, 4.69) is 25.5 Å². The molecule has 4 heterocycles. The molecule has 2 aromatic rings. The van der Waals surface area contributed by atoms with Gasteiger partial charge in [0.25, 0.3) is 0 Å². The van der Waals surface area contributed by atoms with Crippen LogP contribution in [0.5, 0.6) is 0 Å². The lowest BCUT2D eigenvalue weighted by atomic mass is 10.1. The lowest BCUT2D eigenvalue weighted by Gasteiger charge is -2.25. The summed E-state index contributed by atoms with van der Waals surface area (Å²) in [6, 6.07) is 3.77. The molecule has 2 saturated heterocycles. The summed E-state index contributed by atoms with van der Waals surface area (Å²) in [5, 5.41) is 22.2. The van der Waals surface area contributed by atoms with Crippen molar-refractivity contribution in [1.29, 1.82) is 0 Å². The molecule has 4 rings (SSSR count). The molecule has 0 saturated carbocycles. The van der Waals surface area contributed by atoms with Gasteiger partial charge in [-0.15, -0.1) is 5.10 Å². The van der Waals surface area contributed by atoms with E-state index in [0.717, 1.165) is 44.1 Å². The number of morpholine rings is 1. The third-order valence-corrected chi connectivity index (χ3v) is 5.03. The molecule has 9 heteroatoms. The van der Waals surface area contributed by atoms with Crippen LogP contribution in [0, 0.1) is 0 Å². The molecule has 9 nitrogen and oxygen atoms in total. The Balaban J connectivity index is 1.32. The molecule has 3 atom stereocenters. The summed E-state index contributed by atoms with van der Waals surface area (Å²) in [4.78, 5) is 6.34. The lowest BCUT2D eigenvalue weighted by molar-refractivity contribution is 0.0336. The first-order valence-electron chi connectivity index (χ1n) is 9.39. The van der Waals surface area contributed by atoms with Gasteiger partial charge in [0.2, 0.25) is 0 Å². The van der Waals surface area contributed by atoms with Crippen molar-refractivity contribution in [1.82, 2.24) is 30.2 Å². The van der Waals surface area contributed by atoms with E-state index in [-0.39, 0.29) is 12.1 Å². The number of aromatic nitrogens is 4. The van der Waals surface area contributed by atoms with Crippen molar-refractivity contribution in [2.45, 2.75) is 37.9 Å². The molecule has 0 aliphatic carbocycles. The van der Waals surface area contributed by atoms with Crippen molar-refractivity contribution in [2.75, 3.05) is 32.9 Å². The first kappa shape index (κ1) is 18.5. The Kier molecular flexibility index (Phi) is 6.05. The number of pyridine rings is 1. The molecule has 27 heavy (non-hydrogen) atoms. The van der Waals surface area contributed by atoms with Gasteiger partial charge < -0.3 is 19.9 Å². The second kappa shape index (κ2) is 8.85. The van der Waals surface area contributed by atoms with E-state index in [1.54, 1.807) is 17.1 Å². The predicted molar refractivity (Wildman–Crippen MR) is 96.7 cm³/mol. The van der Waals surface area contributed by atoms with Gasteiger partial charge in [0.05, 0.1) is 50.3 Å². The molecule has 0 aromatic carbocycles. The van der Waals surface area contributed by atoms with Crippen LogP contribution in [-0.2, 0) is 29.1 Å². The highest BCUT2D eigenvalue weighted by atomic mass is 16.5. The van der Waals surface area contributed by atoms with Gasteiger partial charge in [-0.05, 0) is 17.7 Å². The quantitative estimate of drug-likeness (QED) is 0.665. The van der Waals surface area contributed by atoms with Crippen LogP contribution in [0.4, 0.5) is 0 Å². The third kappa shape index (κ3) is 4.88. The number of aliphatic hydroxyl groups excluding tert-OH is 1. The smallest absolute Gasteiger partial charge is 0.0967 e. The van der Waals surface area contributed by atoms with Crippen LogP contribution in [0.1, 0.15) is 11.3 Å². The van der Waals surface area contributed by atoms with Crippen molar-refractivity contribution in [3.63, 3.8) is 0 Å². The minimum Gasteiger partial charge on any atom is -0.389 e. The van der Waals surface area contributed by atoms with Crippen molar-refractivity contribution >= 4 is 0 Å². The fourth-order valence-electron chi connectivity index (χ4n) is 3.52. The molecule has 0 spiro atoms. The summed E-state index contributed by atoms with van der Waals surface area (Å²) in [7, 11) is 0. The summed E-state index contributed by atoms with van der Waals surface area (Å²) in [6.07, 6.45) is 4.81. The minimum absolute atomic E-state index is 0.148. The first-order valence-corrected chi connectivity index (χ1v) is 9.39. The van der Waals surface area contributed by atoms with Gasteiger partial charge >= 0.3 is 0 Å². The summed E-state index contributed by atoms with van der Waals surface area (Å²) in [5.74, 6) is 0. The first-order chi connectivity index (χ1) is 13.3. The van der Waals surface area contributed by atoms with Crippen molar-refractivity contribution in [3.8, 4) is 0 Å². The van der Waals surface area contributed by atoms with E-state index >= 15 is 0 Å². The van der Waals surface area contributed by atoms with Gasteiger partial charge in [-0.2, -0.15) is 0 Å². The number of aliphatic hydroxyl groups is 1. The Labute approximate surface area is 158 Å². The van der Waals surface area contributed by atoms with Crippen LogP contribution in [0.2, 0.25) is 0 Å². The monoisotopic (exact) mass is 374 g/mol. The van der Waals surface area contributed by atoms with Crippen molar-refractivity contribution in [3.05, 3.63) is 42.0 Å². The zero-order valence-electron chi connectivity index (χ0n) is 15.3. The molecule has 0 radical (unpaired) electrons. The van der Waals surface area contributed by atoms with Gasteiger partial charge in [0.1, 0.15) is 0 Å². The summed E-state index contributed by atoms with van der Waals surface area (Å²) in [5.41, 5.74) is 2.06. The summed E-state index contributed by atoms with van der Waals surface area (Å²) >= 11 is 0. The van der Waals surface area contributed by atoms with E-state index in [4.69, 9.17) is 9.47 Å². The molecule has 2 aliphatic rings. The van der Waals surface area contributed by atoms with E-state index in [9.17, 15) is 5.11 Å². The van der Waals surface area contributed by atoms with Crippen LogP contribution in [0.15, 0.2) is 30.7 Å². The van der Waals surface area contributed by atoms with Gasteiger partial charge in [-0.25, -0.2) is 4.68 Å². The van der Waals surface area contributed by atoms with Crippen LogP contribution in [0.25, 0.3) is 0 Å². The van der Waals surface area contributed by atoms with E-state index in [0.29, 0.717) is 19.7 Å². The van der Waals surface area contributed by atoms with Crippen LogP contribution >= 0.6 is 0 Å². The summed E-state index contributed by atoms with van der Waals surface area (Å²) < 4.78 is 13.0. The Morgan fingerprint density at radius 3 is 2.85 bits per heavy atom. The fourth-order valence-corrected chi connectivity index (χ4v) is 3.52. The second-order valence-corrected chi connectivity index (χ2v) is 7.02. The maximum absolute atomic E-state index is 10.3. The van der Waals surface area contributed by atoms with Gasteiger partial charge in [0, 0.05) is 44.8 Å². The highest BCUT2D eigenvalue weighted by molar-refractivity contribution is 5.09. The normalized spacial score (nSPS) is 26.5. The Hall–Kier alpha value is -1.91. The van der Waals surface area contributed by atoms with E-state index in [1.165, 1.54) is 0 Å². The van der Waals surface area contributed by atoms with Crippen LogP contribution in [-0.4, -0.2) is 81.1 Å². The molecular weight excluding hydrogens is 348 g/mol. The largest absolute Gasteiger partial charge is 0.389 e. The summed E-state index contributed by atoms with van der Waals surface area (Å²) in [6.45, 7) is 5.71. The highest BCUT2D eigenvalue weighted by Crippen LogP contribution is 2.17. The average molecular weight is 374 g/mol. The van der Waals surface area contributed by atoms with Crippen molar-refractivity contribution in [2.24, 2.45) is 0 Å². The molecule has 2 N–H and O–H groups in total. The molecule has 0 amide bonds. The van der Waals surface area contributed by atoms with Gasteiger partial charge in [0.15, 0.2) is 0 Å². The fraction of sp³-hybridized carbons (Fsp3) is 0.611. The molecular formula is C18H26N6O3. The van der Waals surface area contributed by atoms with Crippen molar-refractivity contribution < 1.29 is 14.6 Å². The standard InChI is InChI=1S/C18H26N6O3/c25-16-13-27-17(18(16)20-9-14-1-3-19-4-2-14)12-24-11-15(21-22-24)10-23-5-7-26-8-6-23/h1-4,11,16-18,20,25H,5-10,12-13H2/t16-,17+,18+/m0/s1. The highest BCUT2D eigenvalue weighted by Gasteiger charge is 2.36. The molecule has 2 fully saturated rings. The van der Waals surface area contributed by atoms with Gasteiger partial charge in [-0.3, -0.25) is 9.88 Å². The topological polar surface area (TPSA) is 97.6 Å². The second-order valence-electron chi connectivity index (χ2n) is 7.02. The van der Waals surface area contributed by atoms with Crippen LogP contribution < -0.4 is 5.32 Å². The SMILES string of the molecule is O[C@H]1CO[C@H](Cn2cc(CN3CCOCC3)nn2)[C@@H]1NCc1ccncc1. The third-order valence-electron chi connectivity index (χ3n) is 5.03. The molecule has 2 aromatic heterocycles. The average Bonchev–Trinajstić information content (AvgIpc) is 3.28. The number of nitrogens with one attached hydrogen (secondary N) is 1. The molecule has 0 unspecified atom stereocenters. The Bertz CT molecular complexity index is 706. The number of hydrogen-bond donors (Lipinski definition) is 2. The number of rotatable bonds is 7. The molecule has 2 aliphatic heterocycles. The zero-order valence-corrected chi connectivity index (χ0v) is 15.3. The lowest BCUT2D eigenvalue weighted by Crippen LogP contribution is -2.45. The van der Waals surface area contributed by atoms with Crippen LogP contribution in [0.3, 0.4) is 0 Å². The zero-order chi connectivity index (χ0) is 18.5. The Morgan fingerprint density at radius 2 is 2.04 bits per heavy atom. The maximum atomic E-state index is 10.3. The molecule has 0 bridgehead atoms. The maximum Gasteiger partial charge on any atom is 0.0967 e. The Morgan fingerprint density at radius 1 is 1.22 bits per heavy atom. The number of hydrogen-bond acceptors (Lipinski definition) is 8. The molecule has 146 valence electrons. The predicted octanol–water partition coefficient (Wildman–Crippen LogP) is -0.577. The minimum atomic E-state index is -0.534. The van der Waals surface area contributed by atoms with Gasteiger partial charge in [-0.1, -0.05) is 5.21 Å². The van der Waals surface area contributed by atoms with E-state index in [1.807, 2.05) is 18.3 Å².